The normalized spacial score (nSPS) is 35.4. The summed E-state index contributed by atoms with van der Waals surface area (Å²) in [4.78, 5) is 0. The molecule has 6 nitrogen and oxygen atoms in total. The van der Waals surface area contributed by atoms with Crippen LogP contribution in [0.15, 0.2) is 12.7 Å². The van der Waals surface area contributed by atoms with Crippen molar-refractivity contribution < 1.29 is 28.5 Å². The summed E-state index contributed by atoms with van der Waals surface area (Å²) in [7, 11) is 1.08. The van der Waals surface area contributed by atoms with Gasteiger partial charge in [-0.25, -0.2) is 0 Å². The molecule has 1 heterocycles. The van der Waals surface area contributed by atoms with Gasteiger partial charge in [0, 0.05) is 14.2 Å². The van der Waals surface area contributed by atoms with E-state index in [-0.39, 0.29) is 5.04 Å². The van der Waals surface area contributed by atoms with E-state index in [0.717, 1.165) is 0 Å². The molecule has 0 amide bonds. The van der Waals surface area contributed by atoms with Crippen molar-refractivity contribution in [2.24, 2.45) is 0 Å². The van der Waals surface area contributed by atoms with E-state index >= 15 is 0 Å². The Hall–Kier alpha value is -0.283. The fourth-order valence-electron chi connectivity index (χ4n) is 2.43. The fraction of sp³-hybridized carbons (Fsp3) is 0.889. The van der Waals surface area contributed by atoms with E-state index in [9.17, 15) is 5.11 Å². The molecule has 25 heavy (non-hydrogen) atoms. The van der Waals surface area contributed by atoms with Gasteiger partial charge in [0.05, 0.1) is 6.61 Å². The highest BCUT2D eigenvalue weighted by molar-refractivity contribution is 6.74. The van der Waals surface area contributed by atoms with Gasteiger partial charge in [-0.3, -0.25) is 0 Å². The van der Waals surface area contributed by atoms with E-state index in [4.69, 9.17) is 23.4 Å². The lowest BCUT2D eigenvalue weighted by molar-refractivity contribution is -0.453. The van der Waals surface area contributed by atoms with E-state index in [0.29, 0.717) is 6.61 Å². The van der Waals surface area contributed by atoms with Crippen LogP contribution in [0.25, 0.3) is 0 Å². The topological polar surface area (TPSA) is 66.4 Å². The van der Waals surface area contributed by atoms with Crippen LogP contribution in [-0.2, 0) is 23.4 Å². The van der Waals surface area contributed by atoms with Gasteiger partial charge < -0.3 is 28.5 Å². The summed E-state index contributed by atoms with van der Waals surface area (Å²) in [6, 6.07) is 0. The van der Waals surface area contributed by atoms with Gasteiger partial charge in [-0.1, -0.05) is 26.8 Å². The van der Waals surface area contributed by atoms with Crippen molar-refractivity contribution in [2.45, 2.75) is 82.6 Å². The number of ether oxygens (including phenoxy) is 4. The fourth-order valence-corrected chi connectivity index (χ4v) is 3.45. The molecule has 1 aliphatic rings. The van der Waals surface area contributed by atoms with Crippen LogP contribution in [0.2, 0.25) is 18.1 Å². The molecular formula is C18H36O6Si. The molecule has 1 fully saturated rings. The summed E-state index contributed by atoms with van der Waals surface area (Å²) in [5.74, 6) is -2.32. The number of methoxy groups -OCH3 is 2. The van der Waals surface area contributed by atoms with Crippen LogP contribution in [-0.4, -0.2) is 64.1 Å². The maximum Gasteiger partial charge on any atom is 0.220 e. The van der Waals surface area contributed by atoms with Crippen molar-refractivity contribution in [3.05, 3.63) is 12.7 Å². The molecule has 148 valence electrons. The molecule has 0 aromatic rings. The molecule has 1 N–H and O–H groups in total. The molecule has 7 heteroatoms. The van der Waals surface area contributed by atoms with Crippen molar-refractivity contribution in [3.8, 4) is 0 Å². The minimum atomic E-state index is -1.98. The third-order valence-corrected chi connectivity index (χ3v) is 10.2. The third kappa shape index (κ3) is 4.53. The zero-order valence-electron chi connectivity index (χ0n) is 17.2. The van der Waals surface area contributed by atoms with Gasteiger partial charge in [0.15, 0.2) is 8.32 Å². The minimum absolute atomic E-state index is 0.0701. The van der Waals surface area contributed by atoms with Gasteiger partial charge in [0.1, 0.15) is 18.3 Å². The van der Waals surface area contributed by atoms with E-state index in [1.165, 1.54) is 20.3 Å². The Labute approximate surface area is 153 Å². The first kappa shape index (κ1) is 22.8. The molecule has 0 aromatic heterocycles. The average Bonchev–Trinajstić information content (AvgIpc) is 2.53. The summed E-state index contributed by atoms with van der Waals surface area (Å²) in [5, 5.41) is 10.4. The van der Waals surface area contributed by atoms with Crippen LogP contribution in [0.4, 0.5) is 0 Å². The molecule has 1 saturated heterocycles. The maximum absolute atomic E-state index is 10.3. The summed E-state index contributed by atoms with van der Waals surface area (Å²) < 4.78 is 29.6. The first-order chi connectivity index (χ1) is 11.3. The van der Waals surface area contributed by atoms with Crippen molar-refractivity contribution in [1.29, 1.82) is 0 Å². The molecule has 0 saturated carbocycles. The molecule has 0 aliphatic carbocycles. The molecular weight excluding hydrogens is 340 g/mol. The van der Waals surface area contributed by atoms with Gasteiger partial charge in [0.25, 0.3) is 0 Å². The number of rotatable bonds is 7. The molecule has 1 rings (SSSR count). The summed E-state index contributed by atoms with van der Waals surface area (Å²) in [5.41, 5.74) is 0. The van der Waals surface area contributed by atoms with Crippen LogP contribution in [0.3, 0.4) is 0 Å². The minimum Gasteiger partial charge on any atom is -0.414 e. The quantitative estimate of drug-likeness (QED) is 0.544. The van der Waals surface area contributed by atoms with Gasteiger partial charge in [-0.2, -0.15) is 0 Å². The molecule has 0 spiro atoms. The molecule has 5 atom stereocenters. The second-order valence-electron chi connectivity index (χ2n) is 8.34. The maximum atomic E-state index is 10.3. The third-order valence-electron chi connectivity index (χ3n) is 5.70. The molecule has 0 unspecified atom stereocenters. The molecule has 0 aromatic carbocycles. The number of hydrogen-bond acceptors (Lipinski definition) is 6. The standard InChI is InChI=1S/C18H36O6Si/c1-11-13(19)15-14(12-22-25(9,10)16(2,3)4)23-17(5,20-7)18(6,21-8)24-15/h11,13-15,19H,1,12H2,2-10H3/t13-,14+,15-,17-,18-/m1/s1. The second-order valence-corrected chi connectivity index (χ2v) is 13.1. The van der Waals surface area contributed by atoms with Gasteiger partial charge >= 0.3 is 0 Å². The lowest BCUT2D eigenvalue weighted by atomic mass is 10.0. The van der Waals surface area contributed by atoms with Crippen LogP contribution < -0.4 is 0 Å². The Morgan fingerprint density at radius 2 is 1.64 bits per heavy atom. The first-order valence-corrected chi connectivity index (χ1v) is 11.6. The molecule has 0 radical (unpaired) electrons. The first-order valence-electron chi connectivity index (χ1n) is 8.67. The zero-order chi connectivity index (χ0) is 19.7. The monoisotopic (exact) mass is 376 g/mol. The van der Waals surface area contributed by atoms with Crippen LogP contribution >= 0.6 is 0 Å². The average molecular weight is 377 g/mol. The zero-order valence-corrected chi connectivity index (χ0v) is 18.2. The highest BCUT2D eigenvalue weighted by Gasteiger charge is 2.58. The van der Waals surface area contributed by atoms with Crippen LogP contribution in [0.1, 0.15) is 34.6 Å². The predicted octanol–water partition coefficient (Wildman–Crippen LogP) is 3.06. The highest BCUT2D eigenvalue weighted by Crippen LogP contribution is 2.41. The van der Waals surface area contributed by atoms with Crippen molar-refractivity contribution in [2.75, 3.05) is 20.8 Å². The number of aliphatic hydroxyl groups excluding tert-OH is 1. The van der Waals surface area contributed by atoms with Crippen molar-refractivity contribution in [3.63, 3.8) is 0 Å². The number of hydrogen-bond donors (Lipinski definition) is 1. The van der Waals surface area contributed by atoms with Crippen molar-refractivity contribution in [1.82, 2.24) is 0 Å². The van der Waals surface area contributed by atoms with Gasteiger partial charge in [0.2, 0.25) is 11.6 Å². The summed E-state index contributed by atoms with van der Waals surface area (Å²) in [6.45, 7) is 18.3. The van der Waals surface area contributed by atoms with E-state index < -0.39 is 38.2 Å². The van der Waals surface area contributed by atoms with Crippen molar-refractivity contribution >= 4 is 8.32 Å². The molecule has 0 bridgehead atoms. The van der Waals surface area contributed by atoms with E-state index in [1.54, 1.807) is 13.8 Å². The Bertz CT molecular complexity index is 463. The Morgan fingerprint density at radius 3 is 2.04 bits per heavy atom. The second kappa shape index (κ2) is 7.76. The van der Waals surface area contributed by atoms with Crippen LogP contribution in [0.5, 0.6) is 0 Å². The highest BCUT2D eigenvalue weighted by atomic mass is 28.4. The smallest absolute Gasteiger partial charge is 0.220 e. The SMILES string of the molecule is C=C[C@@H](O)[C@H]1O[C@@](C)(OC)[C@](C)(OC)O[C@H]1CO[Si](C)(C)C(C)(C)C. The predicted molar refractivity (Wildman–Crippen MR) is 99.9 cm³/mol. The van der Waals surface area contributed by atoms with Gasteiger partial charge in [-0.05, 0) is 32.0 Å². The van der Waals surface area contributed by atoms with E-state index in [2.05, 4.69) is 40.4 Å². The van der Waals surface area contributed by atoms with Gasteiger partial charge in [-0.15, -0.1) is 6.58 Å². The molecule has 1 aliphatic heterocycles. The summed E-state index contributed by atoms with van der Waals surface area (Å²) in [6.07, 6.45) is -0.673. The Kier molecular flexibility index (Phi) is 7.06. The Balaban J connectivity index is 3.07. The lowest BCUT2D eigenvalue weighted by Crippen LogP contribution is -2.68. The summed E-state index contributed by atoms with van der Waals surface area (Å²) >= 11 is 0. The Morgan fingerprint density at radius 1 is 1.16 bits per heavy atom. The van der Waals surface area contributed by atoms with E-state index in [1.807, 2.05) is 0 Å². The van der Waals surface area contributed by atoms with Crippen LogP contribution in [0, 0.1) is 0 Å². The largest absolute Gasteiger partial charge is 0.414 e. The lowest BCUT2D eigenvalue weighted by Gasteiger charge is -2.53. The number of aliphatic hydroxyl groups is 1.